The summed E-state index contributed by atoms with van der Waals surface area (Å²) in [5, 5.41) is 12.4. The first-order chi connectivity index (χ1) is 36.2. The van der Waals surface area contributed by atoms with Gasteiger partial charge in [0.1, 0.15) is 11.2 Å². The second-order valence-electron chi connectivity index (χ2n) is 22.5. The minimum Gasteiger partial charge on any atom is -0.454 e. The van der Waals surface area contributed by atoms with E-state index in [4.69, 9.17) is 8.83 Å². The maximum atomic E-state index is 7.17. The van der Waals surface area contributed by atoms with Gasteiger partial charge in [-0.15, -0.1) is 0 Å². The summed E-state index contributed by atoms with van der Waals surface area (Å²) < 4.78 is 14.3. The highest BCUT2D eigenvalue weighted by atomic mass is 16.3. The van der Waals surface area contributed by atoms with Crippen molar-refractivity contribution in [1.29, 1.82) is 0 Å². The number of fused-ring (bicyclic) bond motifs is 6. The highest BCUT2D eigenvalue weighted by Gasteiger charge is 2.34. The van der Waals surface area contributed by atoms with Crippen LogP contribution in [0.3, 0.4) is 0 Å². The van der Waals surface area contributed by atoms with E-state index in [0.29, 0.717) is 11.8 Å². The average molecular weight is 965 g/mol. The van der Waals surface area contributed by atoms with Gasteiger partial charge in [0.25, 0.3) is 0 Å². The summed E-state index contributed by atoms with van der Waals surface area (Å²) >= 11 is 0. The molecule has 366 valence electrons. The summed E-state index contributed by atoms with van der Waals surface area (Å²) in [6, 6.07) is 59.7. The minimum atomic E-state index is 0.250. The fourth-order valence-corrected chi connectivity index (χ4v) is 13.9. The Balaban J connectivity index is 1.13. The molecule has 14 rings (SSSR count). The van der Waals surface area contributed by atoms with E-state index in [1.54, 1.807) is 0 Å². The first kappa shape index (κ1) is 45.1. The van der Waals surface area contributed by atoms with Crippen molar-refractivity contribution in [3.63, 3.8) is 0 Å². The van der Waals surface area contributed by atoms with Crippen LogP contribution in [0.2, 0.25) is 0 Å². The van der Waals surface area contributed by atoms with Gasteiger partial charge in [0, 0.05) is 43.7 Å². The topological polar surface area (TPSA) is 32.8 Å². The van der Waals surface area contributed by atoms with Crippen LogP contribution in [-0.2, 0) is 0 Å². The van der Waals surface area contributed by atoms with Crippen LogP contribution in [0, 0.1) is 13.8 Å². The quantitative estimate of drug-likeness (QED) is 0.128. The lowest BCUT2D eigenvalue weighted by atomic mass is 9.83. The summed E-state index contributed by atoms with van der Waals surface area (Å²) in [6.45, 7) is 14.1. The van der Waals surface area contributed by atoms with Gasteiger partial charge in [-0.2, -0.15) is 0 Å². The van der Waals surface area contributed by atoms with Crippen LogP contribution in [0.5, 0.6) is 0 Å². The molecule has 2 fully saturated rings. The van der Waals surface area contributed by atoms with Crippen LogP contribution < -0.4 is 9.80 Å². The smallest absolute Gasteiger partial charge is 0.159 e. The van der Waals surface area contributed by atoms with Gasteiger partial charge in [-0.1, -0.05) is 175 Å². The standard InChI is InChI=1S/C70H64N2O2/c1-41(2)57-39-61(71(59-27-15-7-19-43(59)5)67-47(45-21-9-10-22-45)31-35-53-49-25-13-17-29-63(49)73-69(53)67)55-38-34-52-58(42(3)4)40-62(56-37-33-51(57)65(55)66(52)56)72(60-28-16-8-20-44(60)6)68-48(46-23-11-12-24-46)32-36-54-50-26-14-18-30-64(50)74-70(54)68/h7-8,13-20,25-42,45-46H,9-12,21-24H2,1-6H3. The zero-order valence-corrected chi connectivity index (χ0v) is 43.7. The van der Waals surface area contributed by atoms with Crippen molar-refractivity contribution in [2.24, 2.45) is 0 Å². The first-order valence-corrected chi connectivity index (χ1v) is 27.6. The number of benzene rings is 10. The van der Waals surface area contributed by atoms with Gasteiger partial charge in [-0.3, -0.25) is 0 Å². The summed E-state index contributed by atoms with van der Waals surface area (Å²) in [5.74, 6) is 1.38. The summed E-state index contributed by atoms with van der Waals surface area (Å²) in [4.78, 5) is 5.26. The van der Waals surface area contributed by atoms with Crippen molar-refractivity contribution >= 4 is 110 Å². The summed E-state index contributed by atoms with van der Waals surface area (Å²) in [7, 11) is 0. The van der Waals surface area contributed by atoms with E-state index in [9.17, 15) is 0 Å². The third-order valence-corrected chi connectivity index (χ3v) is 17.5. The van der Waals surface area contributed by atoms with E-state index in [1.807, 2.05) is 0 Å². The molecule has 2 aromatic heterocycles. The Kier molecular flexibility index (Phi) is 10.7. The number of rotatable bonds is 10. The SMILES string of the molecule is Cc1ccccc1N(c1cc(C(C)C)c2ccc3c(N(c4ccccc4C)c4c(C5CCCC5)ccc5c4oc4ccccc45)cc(C(C)C)c4ccc1c2c43)c1c(C2CCCC2)ccc2c1oc1ccccc12. The van der Waals surface area contributed by atoms with Crippen LogP contribution in [0.4, 0.5) is 34.1 Å². The number of hydrogen-bond donors (Lipinski definition) is 0. The van der Waals surface area contributed by atoms with Crippen LogP contribution in [-0.4, -0.2) is 0 Å². The van der Waals surface area contributed by atoms with Crippen LogP contribution in [0.1, 0.15) is 136 Å². The van der Waals surface area contributed by atoms with Gasteiger partial charge in [0.05, 0.1) is 22.7 Å². The molecule has 2 aliphatic carbocycles. The lowest BCUT2D eigenvalue weighted by molar-refractivity contribution is 0.664. The molecule has 0 saturated heterocycles. The summed E-state index contributed by atoms with van der Waals surface area (Å²) in [5.41, 5.74) is 18.8. The summed E-state index contributed by atoms with van der Waals surface area (Å²) in [6.07, 6.45) is 9.70. The van der Waals surface area contributed by atoms with Crippen LogP contribution in [0.25, 0.3) is 76.2 Å². The van der Waals surface area contributed by atoms with E-state index < -0.39 is 0 Å². The fraction of sp³-hybridized carbons (Fsp3) is 0.257. The lowest BCUT2D eigenvalue weighted by Gasteiger charge is -2.34. The molecule has 0 atom stereocenters. The Morgan fingerprint density at radius 2 is 0.743 bits per heavy atom. The van der Waals surface area contributed by atoms with E-state index in [1.165, 1.54) is 151 Å². The van der Waals surface area contributed by atoms with E-state index in [0.717, 1.165) is 43.9 Å². The zero-order chi connectivity index (χ0) is 49.9. The normalized spacial score (nSPS) is 14.9. The van der Waals surface area contributed by atoms with Crippen molar-refractivity contribution in [3.05, 3.63) is 191 Å². The van der Waals surface area contributed by atoms with Crippen LogP contribution in [0.15, 0.2) is 167 Å². The van der Waals surface area contributed by atoms with Gasteiger partial charge >= 0.3 is 0 Å². The largest absolute Gasteiger partial charge is 0.454 e. The molecular formula is C70H64N2O2. The van der Waals surface area contributed by atoms with E-state index >= 15 is 0 Å². The first-order valence-electron chi connectivity index (χ1n) is 27.6. The Labute approximate surface area is 434 Å². The number of aryl methyl sites for hydroxylation is 2. The predicted molar refractivity (Wildman–Crippen MR) is 314 cm³/mol. The van der Waals surface area contributed by atoms with Gasteiger partial charge in [-0.05, 0) is 155 Å². The fourth-order valence-electron chi connectivity index (χ4n) is 13.9. The molecule has 0 spiro atoms. The van der Waals surface area contributed by atoms with Gasteiger partial charge < -0.3 is 18.6 Å². The molecule has 0 radical (unpaired) electrons. The van der Waals surface area contributed by atoms with Crippen molar-refractivity contribution in [2.75, 3.05) is 9.80 Å². The maximum Gasteiger partial charge on any atom is 0.159 e. The van der Waals surface area contributed by atoms with Gasteiger partial charge in [-0.25, -0.2) is 0 Å². The highest BCUT2D eigenvalue weighted by Crippen LogP contribution is 2.56. The minimum absolute atomic E-state index is 0.250. The zero-order valence-electron chi connectivity index (χ0n) is 43.7. The van der Waals surface area contributed by atoms with Crippen molar-refractivity contribution < 1.29 is 8.83 Å². The molecular weight excluding hydrogens is 901 g/mol. The van der Waals surface area contributed by atoms with Crippen molar-refractivity contribution in [3.8, 4) is 0 Å². The van der Waals surface area contributed by atoms with Crippen molar-refractivity contribution in [1.82, 2.24) is 0 Å². The van der Waals surface area contributed by atoms with Gasteiger partial charge in [0.2, 0.25) is 0 Å². The second-order valence-corrected chi connectivity index (χ2v) is 22.5. The Morgan fingerprint density at radius 1 is 0.378 bits per heavy atom. The molecule has 4 heteroatoms. The molecule has 74 heavy (non-hydrogen) atoms. The molecule has 2 aliphatic rings. The molecule has 0 amide bonds. The Hall–Kier alpha value is -7.56. The molecule has 12 aromatic rings. The monoisotopic (exact) mass is 964 g/mol. The van der Waals surface area contributed by atoms with Crippen LogP contribution >= 0.6 is 0 Å². The maximum absolute atomic E-state index is 7.17. The van der Waals surface area contributed by atoms with Gasteiger partial charge in [0.15, 0.2) is 11.2 Å². The molecule has 2 saturated carbocycles. The third-order valence-electron chi connectivity index (χ3n) is 17.5. The second kappa shape index (κ2) is 17.5. The highest BCUT2D eigenvalue weighted by molar-refractivity contribution is 6.30. The number of furan rings is 2. The molecule has 4 nitrogen and oxygen atoms in total. The number of hydrogen-bond acceptors (Lipinski definition) is 4. The van der Waals surface area contributed by atoms with E-state index in [-0.39, 0.29) is 11.8 Å². The Morgan fingerprint density at radius 3 is 1.15 bits per heavy atom. The third kappa shape index (κ3) is 6.86. The average Bonchev–Trinajstić information content (AvgIpc) is 4.34. The molecule has 0 bridgehead atoms. The lowest BCUT2D eigenvalue weighted by Crippen LogP contribution is -2.17. The predicted octanol–water partition coefficient (Wildman–Crippen LogP) is 21.5. The number of nitrogens with zero attached hydrogens (tertiary/aromatic N) is 2. The Bertz CT molecular complexity index is 3890. The molecule has 0 unspecified atom stereocenters. The molecule has 0 aliphatic heterocycles. The number of anilines is 6. The molecule has 10 aromatic carbocycles. The van der Waals surface area contributed by atoms with E-state index in [2.05, 4.69) is 209 Å². The molecule has 0 N–H and O–H groups in total. The number of para-hydroxylation sites is 4. The van der Waals surface area contributed by atoms with Crippen molar-refractivity contribution in [2.45, 2.75) is 117 Å². The molecule has 2 heterocycles.